The van der Waals surface area contributed by atoms with Gasteiger partial charge in [-0.25, -0.2) is 4.79 Å². The Hall–Kier alpha value is -2.08. The average molecular weight is 413 g/mol. The van der Waals surface area contributed by atoms with Crippen LogP contribution in [-0.4, -0.2) is 79.0 Å². The molecule has 0 saturated carbocycles. The molecule has 0 bridgehead atoms. The number of benzene rings is 1. The number of rotatable bonds is 3. The first-order valence-corrected chi connectivity index (χ1v) is 11.8. The molecule has 3 fully saturated rings. The third-order valence-electron chi connectivity index (χ3n) is 7.19. The van der Waals surface area contributed by atoms with Crippen LogP contribution in [0.4, 0.5) is 4.79 Å². The maximum atomic E-state index is 13.2. The van der Waals surface area contributed by atoms with Crippen LogP contribution in [0.15, 0.2) is 24.3 Å². The number of piperidine rings is 3. The van der Waals surface area contributed by atoms with Gasteiger partial charge in [-0.1, -0.05) is 18.6 Å². The molecule has 0 spiro atoms. The second kappa shape index (κ2) is 9.82. The van der Waals surface area contributed by atoms with E-state index in [-0.39, 0.29) is 11.9 Å². The molecule has 0 radical (unpaired) electrons. The van der Waals surface area contributed by atoms with Crippen LogP contribution in [0, 0.1) is 0 Å². The highest BCUT2D eigenvalue weighted by Crippen LogP contribution is 2.28. The lowest BCUT2D eigenvalue weighted by Gasteiger charge is -2.40. The number of likely N-dealkylation sites (tertiary alicyclic amines) is 3. The van der Waals surface area contributed by atoms with Crippen LogP contribution in [0.2, 0.25) is 0 Å². The van der Waals surface area contributed by atoms with Crippen LogP contribution >= 0.6 is 0 Å². The van der Waals surface area contributed by atoms with Gasteiger partial charge in [0.05, 0.1) is 0 Å². The number of nitrogens with one attached hydrogen (secondary N) is 1. The fourth-order valence-electron chi connectivity index (χ4n) is 5.42. The van der Waals surface area contributed by atoms with Crippen molar-refractivity contribution in [3.8, 4) is 0 Å². The van der Waals surface area contributed by atoms with Crippen molar-refractivity contribution >= 4 is 11.9 Å². The van der Waals surface area contributed by atoms with E-state index in [1.54, 1.807) is 7.05 Å². The molecular weight excluding hydrogens is 376 g/mol. The van der Waals surface area contributed by atoms with Crippen LogP contribution in [0.25, 0.3) is 0 Å². The topological polar surface area (TPSA) is 55.9 Å². The summed E-state index contributed by atoms with van der Waals surface area (Å²) in [5, 5.41) is 2.73. The summed E-state index contributed by atoms with van der Waals surface area (Å²) in [6.45, 7) is 5.71. The van der Waals surface area contributed by atoms with Gasteiger partial charge in [0.2, 0.25) is 0 Å². The van der Waals surface area contributed by atoms with Gasteiger partial charge in [0, 0.05) is 50.7 Å². The van der Waals surface area contributed by atoms with E-state index in [0.717, 1.165) is 57.4 Å². The molecule has 0 aliphatic carbocycles. The number of hydrogen-bond acceptors (Lipinski definition) is 3. The predicted molar refractivity (Wildman–Crippen MR) is 119 cm³/mol. The van der Waals surface area contributed by atoms with Gasteiger partial charge < -0.3 is 20.0 Å². The first-order valence-electron chi connectivity index (χ1n) is 11.8. The fourth-order valence-corrected chi connectivity index (χ4v) is 5.42. The molecular formula is C24H36N4O2. The van der Waals surface area contributed by atoms with E-state index in [9.17, 15) is 9.59 Å². The van der Waals surface area contributed by atoms with Crippen molar-refractivity contribution in [3.05, 3.63) is 35.4 Å². The zero-order valence-electron chi connectivity index (χ0n) is 18.3. The van der Waals surface area contributed by atoms with Gasteiger partial charge >= 0.3 is 6.03 Å². The van der Waals surface area contributed by atoms with Gasteiger partial charge in [0.25, 0.3) is 5.91 Å². The monoisotopic (exact) mass is 412 g/mol. The molecule has 1 atom stereocenters. The first kappa shape index (κ1) is 21.2. The van der Waals surface area contributed by atoms with Crippen molar-refractivity contribution in [3.63, 3.8) is 0 Å². The van der Waals surface area contributed by atoms with Crippen molar-refractivity contribution < 1.29 is 9.59 Å². The SMILES string of the molecule is CNC(=O)N1CCCC(c2cccc(C(=O)N3CCC(N4CCCCC4)CC3)c2)C1. The molecule has 0 aromatic heterocycles. The van der Waals surface area contributed by atoms with Crippen molar-refractivity contribution in [1.29, 1.82) is 0 Å². The Morgan fingerprint density at radius 3 is 2.40 bits per heavy atom. The molecule has 30 heavy (non-hydrogen) atoms. The second-order valence-electron chi connectivity index (χ2n) is 9.09. The maximum Gasteiger partial charge on any atom is 0.317 e. The predicted octanol–water partition coefficient (Wildman–Crippen LogP) is 3.30. The number of carbonyl (C=O) groups excluding carboxylic acids is 2. The zero-order valence-corrected chi connectivity index (χ0v) is 18.3. The fraction of sp³-hybridized carbons (Fsp3) is 0.667. The van der Waals surface area contributed by atoms with E-state index < -0.39 is 0 Å². The Balaban J connectivity index is 1.36. The van der Waals surface area contributed by atoms with E-state index in [4.69, 9.17) is 0 Å². The van der Waals surface area contributed by atoms with Crippen LogP contribution in [0.3, 0.4) is 0 Å². The summed E-state index contributed by atoms with van der Waals surface area (Å²) in [4.78, 5) is 31.8. The highest BCUT2D eigenvalue weighted by atomic mass is 16.2. The maximum absolute atomic E-state index is 13.2. The summed E-state index contributed by atoms with van der Waals surface area (Å²) >= 11 is 0. The van der Waals surface area contributed by atoms with Crippen LogP contribution in [0.5, 0.6) is 0 Å². The highest BCUT2D eigenvalue weighted by molar-refractivity contribution is 5.94. The molecule has 3 heterocycles. The van der Waals surface area contributed by atoms with Crippen molar-refractivity contribution in [1.82, 2.24) is 20.0 Å². The molecule has 3 aliphatic heterocycles. The molecule has 1 aromatic carbocycles. The minimum absolute atomic E-state index is 0.0106. The average Bonchev–Trinajstić information content (AvgIpc) is 2.84. The zero-order chi connectivity index (χ0) is 20.9. The smallest absolute Gasteiger partial charge is 0.317 e. The van der Waals surface area contributed by atoms with E-state index in [1.807, 2.05) is 21.9 Å². The van der Waals surface area contributed by atoms with Crippen molar-refractivity contribution in [2.75, 3.05) is 46.3 Å². The van der Waals surface area contributed by atoms with Crippen LogP contribution in [-0.2, 0) is 0 Å². The lowest BCUT2D eigenvalue weighted by atomic mass is 9.89. The van der Waals surface area contributed by atoms with Gasteiger partial charge in [-0.15, -0.1) is 0 Å². The third-order valence-corrected chi connectivity index (χ3v) is 7.19. The number of carbonyl (C=O) groups is 2. The largest absolute Gasteiger partial charge is 0.341 e. The van der Waals surface area contributed by atoms with E-state index in [2.05, 4.69) is 22.3 Å². The summed E-state index contributed by atoms with van der Waals surface area (Å²) in [6.07, 6.45) is 8.26. The van der Waals surface area contributed by atoms with E-state index >= 15 is 0 Å². The summed E-state index contributed by atoms with van der Waals surface area (Å²) in [6, 6.07) is 8.76. The van der Waals surface area contributed by atoms with Gasteiger partial charge in [-0.2, -0.15) is 0 Å². The second-order valence-corrected chi connectivity index (χ2v) is 9.09. The molecule has 3 aliphatic rings. The van der Waals surface area contributed by atoms with Crippen molar-refractivity contribution in [2.24, 2.45) is 0 Å². The normalized spacial score (nSPS) is 24.0. The number of amides is 3. The molecule has 4 rings (SSSR count). The standard InChI is InChI=1S/C24H36N4O2/c1-25-24(30)28-14-6-9-21(18-28)19-7-5-8-20(17-19)23(29)27-15-10-22(11-16-27)26-12-3-2-4-13-26/h5,7-8,17,21-22H,2-4,6,9-16,18H2,1H3,(H,25,30). The van der Waals surface area contributed by atoms with E-state index in [0.29, 0.717) is 12.0 Å². The molecule has 6 nitrogen and oxygen atoms in total. The molecule has 3 saturated heterocycles. The van der Waals surface area contributed by atoms with E-state index in [1.165, 1.54) is 37.9 Å². The molecule has 6 heteroatoms. The molecule has 3 amide bonds. The lowest BCUT2D eigenvalue weighted by molar-refractivity contribution is 0.0589. The van der Waals surface area contributed by atoms with Gasteiger partial charge in [0.1, 0.15) is 0 Å². The van der Waals surface area contributed by atoms with Gasteiger partial charge in [-0.05, 0) is 69.3 Å². The molecule has 164 valence electrons. The quantitative estimate of drug-likeness (QED) is 0.829. The van der Waals surface area contributed by atoms with Gasteiger partial charge in [-0.3, -0.25) is 4.79 Å². The van der Waals surface area contributed by atoms with Crippen LogP contribution in [0.1, 0.15) is 66.8 Å². The Labute approximate surface area is 180 Å². The van der Waals surface area contributed by atoms with Gasteiger partial charge in [0.15, 0.2) is 0 Å². The molecule has 1 N–H and O–H groups in total. The Morgan fingerprint density at radius 1 is 0.900 bits per heavy atom. The Bertz CT molecular complexity index is 738. The lowest BCUT2D eigenvalue weighted by Crippen LogP contribution is -2.48. The summed E-state index contributed by atoms with van der Waals surface area (Å²) in [7, 11) is 1.68. The Kier molecular flexibility index (Phi) is 6.93. The number of urea groups is 1. The molecule has 1 unspecified atom stereocenters. The highest BCUT2D eigenvalue weighted by Gasteiger charge is 2.29. The van der Waals surface area contributed by atoms with Crippen LogP contribution < -0.4 is 5.32 Å². The Morgan fingerprint density at radius 2 is 1.67 bits per heavy atom. The summed E-state index contributed by atoms with van der Waals surface area (Å²) in [5.41, 5.74) is 1.97. The number of hydrogen-bond donors (Lipinski definition) is 1. The third kappa shape index (κ3) is 4.80. The summed E-state index contributed by atoms with van der Waals surface area (Å²) in [5.74, 6) is 0.460. The minimum atomic E-state index is -0.0106. The first-order chi connectivity index (χ1) is 14.7. The molecule has 1 aromatic rings. The summed E-state index contributed by atoms with van der Waals surface area (Å²) < 4.78 is 0. The van der Waals surface area contributed by atoms with Crippen molar-refractivity contribution in [2.45, 2.75) is 56.9 Å². The number of nitrogens with zero attached hydrogens (tertiary/aromatic N) is 3. The minimum Gasteiger partial charge on any atom is -0.341 e.